The molecular weight excluding hydrogens is 416 g/mol. The summed E-state index contributed by atoms with van der Waals surface area (Å²) in [6.07, 6.45) is 1.47. The number of ether oxygens (including phenoxy) is 3. The van der Waals surface area contributed by atoms with Crippen LogP contribution in [0.3, 0.4) is 0 Å². The number of esters is 1. The zero-order valence-corrected chi connectivity index (χ0v) is 18.0. The lowest BCUT2D eigenvalue weighted by Gasteiger charge is -2.10. The summed E-state index contributed by atoms with van der Waals surface area (Å²) >= 11 is 1.30. The average molecular weight is 439 g/mol. The molecule has 0 aliphatic carbocycles. The van der Waals surface area contributed by atoms with E-state index in [9.17, 15) is 9.59 Å². The van der Waals surface area contributed by atoms with Gasteiger partial charge >= 0.3 is 5.97 Å². The van der Waals surface area contributed by atoms with Crippen LogP contribution in [-0.2, 0) is 4.79 Å². The quantitative estimate of drug-likeness (QED) is 0.234. The van der Waals surface area contributed by atoms with Gasteiger partial charge in [0, 0.05) is 0 Å². The third-order valence-electron chi connectivity index (χ3n) is 3.99. The third kappa shape index (κ3) is 6.68. The van der Waals surface area contributed by atoms with Crippen molar-refractivity contribution < 1.29 is 23.8 Å². The number of thiophene rings is 1. The van der Waals surface area contributed by atoms with Crippen molar-refractivity contribution in [3.8, 4) is 17.2 Å². The Morgan fingerprint density at radius 2 is 1.87 bits per heavy atom. The Bertz CT molecular complexity index is 1050. The van der Waals surface area contributed by atoms with Gasteiger partial charge in [0.2, 0.25) is 0 Å². The first-order chi connectivity index (χ1) is 15.0. The number of nitrogens with zero attached hydrogens (tertiary/aromatic N) is 1. The largest absolute Gasteiger partial charge is 0.490 e. The van der Waals surface area contributed by atoms with E-state index in [1.54, 1.807) is 47.8 Å². The molecule has 1 heterocycles. The monoisotopic (exact) mass is 438 g/mol. The molecule has 1 amide bonds. The molecule has 8 heteroatoms. The standard InChI is InChI=1S/C23H22N2O5S/c1-3-28-20-13-17(8-11-19(20)30-23(27)21-5-4-12-31-21)14-24-25-22(26)15-29-18-9-6-16(2)7-10-18/h4-14H,3,15H2,1-2H3,(H,25,26)/b24-14-. The SMILES string of the molecule is CCOc1cc(/C=N\NC(=O)COc2ccc(C)cc2)ccc1OC(=O)c1cccs1. The molecule has 0 bridgehead atoms. The van der Waals surface area contributed by atoms with Crippen molar-refractivity contribution in [1.29, 1.82) is 0 Å². The van der Waals surface area contributed by atoms with Crippen molar-refractivity contribution in [2.45, 2.75) is 13.8 Å². The van der Waals surface area contributed by atoms with Crippen molar-refractivity contribution in [2.75, 3.05) is 13.2 Å². The molecule has 0 unspecified atom stereocenters. The van der Waals surface area contributed by atoms with Gasteiger partial charge in [-0.25, -0.2) is 10.2 Å². The van der Waals surface area contributed by atoms with Crippen LogP contribution in [0.15, 0.2) is 65.1 Å². The van der Waals surface area contributed by atoms with Crippen LogP contribution >= 0.6 is 11.3 Å². The number of carbonyl (C=O) groups is 2. The van der Waals surface area contributed by atoms with Crippen LogP contribution in [0.5, 0.6) is 17.2 Å². The highest BCUT2D eigenvalue weighted by atomic mass is 32.1. The van der Waals surface area contributed by atoms with Crippen molar-refractivity contribution in [1.82, 2.24) is 5.43 Å². The Balaban J connectivity index is 1.56. The topological polar surface area (TPSA) is 86.2 Å². The van der Waals surface area contributed by atoms with Gasteiger partial charge in [-0.05, 0) is 61.2 Å². The minimum absolute atomic E-state index is 0.151. The molecule has 0 spiro atoms. The Kier molecular flexibility index (Phi) is 7.78. The lowest BCUT2D eigenvalue weighted by molar-refractivity contribution is -0.123. The van der Waals surface area contributed by atoms with Gasteiger partial charge in [0.05, 0.1) is 12.8 Å². The molecule has 0 saturated carbocycles. The maximum atomic E-state index is 12.2. The number of benzene rings is 2. The Labute approximate surface area is 184 Å². The lowest BCUT2D eigenvalue weighted by atomic mass is 10.2. The molecule has 1 N–H and O–H groups in total. The molecule has 0 radical (unpaired) electrons. The summed E-state index contributed by atoms with van der Waals surface area (Å²) in [5.74, 6) is 0.499. The number of carbonyl (C=O) groups excluding carboxylic acids is 2. The fourth-order valence-corrected chi connectivity index (χ4v) is 3.10. The number of rotatable bonds is 9. The zero-order valence-electron chi connectivity index (χ0n) is 17.2. The smallest absolute Gasteiger partial charge is 0.353 e. The van der Waals surface area contributed by atoms with E-state index in [1.807, 2.05) is 26.0 Å². The Hall–Kier alpha value is -3.65. The van der Waals surface area contributed by atoms with Crippen molar-refractivity contribution in [3.05, 3.63) is 76.0 Å². The summed E-state index contributed by atoms with van der Waals surface area (Å²) < 4.78 is 16.4. The molecule has 0 fully saturated rings. The molecule has 31 heavy (non-hydrogen) atoms. The molecule has 7 nitrogen and oxygen atoms in total. The zero-order chi connectivity index (χ0) is 22.1. The van der Waals surface area contributed by atoms with E-state index in [0.29, 0.717) is 34.3 Å². The van der Waals surface area contributed by atoms with E-state index in [-0.39, 0.29) is 12.5 Å². The molecule has 160 valence electrons. The number of hydrogen-bond acceptors (Lipinski definition) is 7. The van der Waals surface area contributed by atoms with E-state index < -0.39 is 5.97 Å². The van der Waals surface area contributed by atoms with Crippen LogP contribution in [0.25, 0.3) is 0 Å². The summed E-state index contributed by atoms with van der Waals surface area (Å²) in [7, 11) is 0. The van der Waals surface area contributed by atoms with Gasteiger partial charge in [0.1, 0.15) is 10.6 Å². The minimum atomic E-state index is -0.446. The predicted octanol–water partition coefficient (Wildman–Crippen LogP) is 4.20. The van der Waals surface area contributed by atoms with Crippen LogP contribution < -0.4 is 19.6 Å². The maximum absolute atomic E-state index is 12.2. The van der Waals surface area contributed by atoms with Gasteiger partial charge < -0.3 is 14.2 Å². The van der Waals surface area contributed by atoms with Gasteiger partial charge in [-0.1, -0.05) is 23.8 Å². The van der Waals surface area contributed by atoms with Crippen LogP contribution in [-0.4, -0.2) is 31.3 Å². The Morgan fingerprint density at radius 1 is 1.06 bits per heavy atom. The average Bonchev–Trinajstić information content (AvgIpc) is 3.30. The van der Waals surface area contributed by atoms with E-state index in [2.05, 4.69) is 10.5 Å². The summed E-state index contributed by atoms with van der Waals surface area (Å²) in [5, 5.41) is 5.74. The fourth-order valence-electron chi connectivity index (χ4n) is 2.50. The second-order valence-corrected chi connectivity index (χ2v) is 7.35. The molecule has 0 saturated heterocycles. The van der Waals surface area contributed by atoms with E-state index in [4.69, 9.17) is 14.2 Å². The first-order valence-electron chi connectivity index (χ1n) is 9.59. The minimum Gasteiger partial charge on any atom is -0.490 e. The highest BCUT2D eigenvalue weighted by Crippen LogP contribution is 2.29. The molecule has 1 aromatic heterocycles. The summed E-state index contributed by atoms with van der Waals surface area (Å²) in [6, 6.07) is 15.9. The second kappa shape index (κ2) is 10.9. The van der Waals surface area contributed by atoms with Gasteiger partial charge in [-0.2, -0.15) is 5.10 Å². The number of hydrogen-bond donors (Lipinski definition) is 1. The van der Waals surface area contributed by atoms with Crippen molar-refractivity contribution in [3.63, 3.8) is 0 Å². The van der Waals surface area contributed by atoms with Gasteiger partial charge in [0.15, 0.2) is 18.1 Å². The normalized spacial score (nSPS) is 10.6. The molecule has 0 aliphatic rings. The Morgan fingerprint density at radius 3 is 2.58 bits per heavy atom. The van der Waals surface area contributed by atoms with Crippen LogP contribution in [0.1, 0.15) is 27.7 Å². The highest BCUT2D eigenvalue weighted by molar-refractivity contribution is 7.12. The number of hydrazone groups is 1. The van der Waals surface area contributed by atoms with Crippen LogP contribution in [0, 0.1) is 6.92 Å². The molecule has 0 aliphatic heterocycles. The lowest BCUT2D eigenvalue weighted by Crippen LogP contribution is -2.24. The van der Waals surface area contributed by atoms with E-state index >= 15 is 0 Å². The van der Waals surface area contributed by atoms with Gasteiger partial charge in [-0.15, -0.1) is 11.3 Å². The molecule has 0 atom stereocenters. The first kappa shape index (κ1) is 22.0. The van der Waals surface area contributed by atoms with Crippen LogP contribution in [0.4, 0.5) is 0 Å². The molecule has 2 aromatic carbocycles. The summed E-state index contributed by atoms with van der Waals surface area (Å²) in [6.45, 7) is 4.06. The highest BCUT2D eigenvalue weighted by Gasteiger charge is 2.14. The van der Waals surface area contributed by atoms with E-state index in [0.717, 1.165) is 5.56 Å². The number of amides is 1. The fraction of sp³-hybridized carbons (Fsp3) is 0.174. The summed E-state index contributed by atoms with van der Waals surface area (Å²) in [5.41, 5.74) is 4.19. The third-order valence-corrected chi connectivity index (χ3v) is 4.84. The number of aryl methyl sites for hydroxylation is 1. The predicted molar refractivity (Wildman–Crippen MR) is 119 cm³/mol. The first-order valence-corrected chi connectivity index (χ1v) is 10.5. The van der Waals surface area contributed by atoms with Crippen LogP contribution in [0.2, 0.25) is 0 Å². The molecular formula is C23H22N2O5S. The second-order valence-electron chi connectivity index (χ2n) is 6.40. The van der Waals surface area contributed by atoms with Crippen molar-refractivity contribution >= 4 is 29.4 Å². The van der Waals surface area contributed by atoms with E-state index in [1.165, 1.54) is 17.6 Å². The van der Waals surface area contributed by atoms with Gasteiger partial charge in [-0.3, -0.25) is 4.79 Å². The van der Waals surface area contributed by atoms with Crippen molar-refractivity contribution in [2.24, 2.45) is 5.10 Å². The molecule has 3 aromatic rings. The number of nitrogens with one attached hydrogen (secondary N) is 1. The summed E-state index contributed by atoms with van der Waals surface area (Å²) in [4.78, 5) is 24.6. The maximum Gasteiger partial charge on any atom is 0.353 e. The molecule has 3 rings (SSSR count). The van der Waals surface area contributed by atoms with Gasteiger partial charge in [0.25, 0.3) is 5.91 Å².